The number of guanidine groups is 1. The number of rotatable bonds is 7. The third kappa shape index (κ3) is 5.26. The lowest BCUT2D eigenvalue weighted by Crippen LogP contribution is -2.44. The van der Waals surface area contributed by atoms with Crippen LogP contribution in [0.4, 0.5) is 0 Å². The van der Waals surface area contributed by atoms with E-state index in [0.29, 0.717) is 12.1 Å². The van der Waals surface area contributed by atoms with E-state index in [9.17, 15) is 0 Å². The first-order chi connectivity index (χ1) is 13.7. The first kappa shape index (κ1) is 19.7. The van der Waals surface area contributed by atoms with Crippen LogP contribution >= 0.6 is 0 Å². The molecule has 0 spiro atoms. The van der Waals surface area contributed by atoms with Gasteiger partial charge in [-0.25, -0.2) is 0 Å². The molecule has 2 heterocycles. The molecule has 4 rings (SSSR count). The number of nitrogens with zero attached hydrogens (tertiary/aromatic N) is 3. The summed E-state index contributed by atoms with van der Waals surface area (Å²) in [6, 6.07) is 12.8. The second-order valence-electron chi connectivity index (χ2n) is 8.94. The molecule has 1 aromatic rings. The maximum absolute atomic E-state index is 4.96. The van der Waals surface area contributed by atoms with Gasteiger partial charge in [-0.05, 0) is 57.6 Å². The zero-order valence-corrected chi connectivity index (χ0v) is 17.6. The molecular weight excluding hydrogens is 346 g/mol. The Hall–Kier alpha value is -1.59. The highest BCUT2D eigenvalue weighted by Gasteiger charge is 2.34. The zero-order valence-electron chi connectivity index (χ0n) is 17.6. The summed E-state index contributed by atoms with van der Waals surface area (Å²) in [6.07, 6.45) is 5.32. The van der Waals surface area contributed by atoms with Crippen LogP contribution in [0.2, 0.25) is 0 Å². The highest BCUT2D eigenvalue weighted by Crippen LogP contribution is 2.31. The Morgan fingerprint density at radius 3 is 2.71 bits per heavy atom. The van der Waals surface area contributed by atoms with Crippen molar-refractivity contribution in [3.8, 4) is 0 Å². The maximum Gasteiger partial charge on any atom is 0.191 e. The third-order valence-corrected chi connectivity index (χ3v) is 6.51. The quantitative estimate of drug-likeness (QED) is 0.561. The molecule has 1 aliphatic carbocycles. The van der Waals surface area contributed by atoms with Crippen molar-refractivity contribution in [3.05, 3.63) is 35.9 Å². The number of nitrogens with one attached hydrogen (secondary N) is 2. The van der Waals surface area contributed by atoms with E-state index in [1.165, 1.54) is 44.3 Å². The Balaban J connectivity index is 1.28. The average molecular weight is 384 g/mol. The topological polar surface area (TPSA) is 42.9 Å². The Morgan fingerprint density at radius 2 is 1.96 bits per heavy atom. The Bertz CT molecular complexity index is 642. The smallest absolute Gasteiger partial charge is 0.191 e. The Morgan fingerprint density at radius 1 is 1.14 bits per heavy atom. The number of benzene rings is 1. The number of aliphatic imine (C=N–C) groups is 1. The van der Waals surface area contributed by atoms with Crippen LogP contribution in [0.1, 0.15) is 45.1 Å². The van der Waals surface area contributed by atoms with Crippen molar-refractivity contribution in [2.75, 3.05) is 32.7 Å². The maximum atomic E-state index is 4.96. The van der Waals surface area contributed by atoms with Gasteiger partial charge in [-0.3, -0.25) is 9.89 Å². The predicted molar refractivity (Wildman–Crippen MR) is 117 cm³/mol. The lowest BCUT2D eigenvalue weighted by atomic mass is 10.1. The molecule has 3 fully saturated rings. The van der Waals surface area contributed by atoms with Gasteiger partial charge in [0.1, 0.15) is 0 Å². The molecule has 0 radical (unpaired) electrons. The number of likely N-dealkylation sites (tertiary alicyclic amines) is 2. The second-order valence-corrected chi connectivity index (χ2v) is 8.94. The molecule has 3 unspecified atom stereocenters. The van der Waals surface area contributed by atoms with Crippen molar-refractivity contribution in [2.45, 2.75) is 64.2 Å². The van der Waals surface area contributed by atoms with Gasteiger partial charge in [-0.2, -0.15) is 0 Å². The van der Waals surface area contributed by atoms with E-state index in [4.69, 9.17) is 4.99 Å². The van der Waals surface area contributed by atoms with Crippen molar-refractivity contribution in [2.24, 2.45) is 10.9 Å². The number of hydrogen-bond donors (Lipinski definition) is 2. The van der Waals surface area contributed by atoms with Crippen molar-refractivity contribution in [1.82, 2.24) is 20.4 Å². The first-order valence-electron chi connectivity index (χ1n) is 11.3. The average Bonchev–Trinajstić information content (AvgIpc) is 3.34. The van der Waals surface area contributed by atoms with Crippen LogP contribution in [0.25, 0.3) is 0 Å². The summed E-state index contributed by atoms with van der Waals surface area (Å²) in [5.41, 5.74) is 1.40. The molecule has 3 aliphatic rings. The van der Waals surface area contributed by atoms with E-state index in [1.54, 1.807) is 0 Å². The lowest BCUT2D eigenvalue weighted by molar-refractivity contribution is 0.258. The molecule has 0 bridgehead atoms. The summed E-state index contributed by atoms with van der Waals surface area (Å²) in [6.45, 7) is 11.0. The minimum Gasteiger partial charge on any atom is -0.357 e. The summed E-state index contributed by atoms with van der Waals surface area (Å²) < 4.78 is 0. The Labute approximate surface area is 170 Å². The fourth-order valence-corrected chi connectivity index (χ4v) is 4.76. The van der Waals surface area contributed by atoms with Crippen LogP contribution in [0.5, 0.6) is 0 Å². The van der Waals surface area contributed by atoms with E-state index in [2.05, 4.69) is 64.6 Å². The van der Waals surface area contributed by atoms with Crippen LogP contribution in [-0.2, 0) is 6.54 Å². The van der Waals surface area contributed by atoms with Gasteiger partial charge in [0.05, 0.1) is 0 Å². The fourth-order valence-electron chi connectivity index (χ4n) is 4.76. The number of hydrogen-bond acceptors (Lipinski definition) is 3. The van der Waals surface area contributed by atoms with E-state index in [-0.39, 0.29) is 0 Å². The summed E-state index contributed by atoms with van der Waals surface area (Å²) in [5.74, 6) is 1.74. The second kappa shape index (κ2) is 9.27. The molecule has 5 nitrogen and oxygen atoms in total. The van der Waals surface area contributed by atoms with Gasteiger partial charge >= 0.3 is 0 Å². The van der Waals surface area contributed by atoms with Gasteiger partial charge in [-0.15, -0.1) is 0 Å². The van der Waals surface area contributed by atoms with Gasteiger partial charge in [0.25, 0.3) is 0 Å². The van der Waals surface area contributed by atoms with Gasteiger partial charge in [-0.1, -0.05) is 30.3 Å². The molecule has 1 saturated carbocycles. The molecule has 2 N–H and O–H groups in total. The minimum atomic E-state index is 0.475. The van der Waals surface area contributed by atoms with Gasteiger partial charge in [0.2, 0.25) is 0 Å². The largest absolute Gasteiger partial charge is 0.357 e. The van der Waals surface area contributed by atoms with Crippen molar-refractivity contribution in [3.63, 3.8) is 0 Å². The van der Waals surface area contributed by atoms with Crippen LogP contribution in [0.3, 0.4) is 0 Å². The SMILES string of the molecule is CCNC(=NCC1CCN(C2CC2)C1)NC1CC(C)N(Cc2ccccc2)C1. The normalized spacial score (nSPS) is 29.4. The monoisotopic (exact) mass is 383 g/mol. The predicted octanol–water partition coefficient (Wildman–Crippen LogP) is 2.69. The van der Waals surface area contributed by atoms with Crippen LogP contribution in [0, 0.1) is 5.92 Å². The third-order valence-electron chi connectivity index (χ3n) is 6.51. The van der Waals surface area contributed by atoms with E-state index in [1.807, 2.05) is 0 Å². The minimum absolute atomic E-state index is 0.475. The summed E-state index contributed by atoms with van der Waals surface area (Å²) >= 11 is 0. The summed E-state index contributed by atoms with van der Waals surface area (Å²) in [5, 5.41) is 7.18. The molecule has 0 amide bonds. The van der Waals surface area contributed by atoms with Crippen LogP contribution < -0.4 is 10.6 Å². The summed E-state index contributed by atoms with van der Waals surface area (Å²) in [7, 11) is 0. The van der Waals surface area contributed by atoms with Gasteiger partial charge < -0.3 is 15.5 Å². The molecule has 1 aromatic carbocycles. The fraction of sp³-hybridized carbons (Fsp3) is 0.696. The van der Waals surface area contributed by atoms with Crippen LogP contribution in [-0.4, -0.2) is 66.6 Å². The van der Waals surface area contributed by atoms with E-state index >= 15 is 0 Å². The standard InChI is InChI=1S/C23H37N5/c1-3-24-23(25-14-20-11-12-27(16-20)22-9-10-22)26-21-13-18(2)28(17-21)15-19-7-5-4-6-8-19/h4-8,18,20-22H,3,9-17H2,1-2H3,(H2,24,25,26). The highest BCUT2D eigenvalue weighted by atomic mass is 15.3. The molecule has 2 saturated heterocycles. The van der Waals surface area contributed by atoms with E-state index in [0.717, 1.165) is 44.1 Å². The molecule has 154 valence electrons. The molecular formula is C23H37N5. The highest BCUT2D eigenvalue weighted by molar-refractivity contribution is 5.80. The van der Waals surface area contributed by atoms with Crippen molar-refractivity contribution < 1.29 is 0 Å². The molecule has 2 aliphatic heterocycles. The molecule has 0 aromatic heterocycles. The first-order valence-corrected chi connectivity index (χ1v) is 11.3. The summed E-state index contributed by atoms with van der Waals surface area (Å²) in [4.78, 5) is 10.2. The molecule has 3 atom stereocenters. The van der Waals surface area contributed by atoms with Crippen molar-refractivity contribution in [1.29, 1.82) is 0 Å². The van der Waals surface area contributed by atoms with Gasteiger partial charge in [0, 0.05) is 50.8 Å². The van der Waals surface area contributed by atoms with Crippen LogP contribution in [0.15, 0.2) is 35.3 Å². The molecule has 28 heavy (non-hydrogen) atoms. The Kier molecular flexibility index (Phi) is 6.53. The zero-order chi connectivity index (χ0) is 19.3. The molecule has 5 heteroatoms. The lowest BCUT2D eigenvalue weighted by Gasteiger charge is -2.21. The van der Waals surface area contributed by atoms with E-state index < -0.39 is 0 Å². The van der Waals surface area contributed by atoms with Crippen molar-refractivity contribution >= 4 is 5.96 Å². The van der Waals surface area contributed by atoms with Gasteiger partial charge in [0.15, 0.2) is 5.96 Å².